The summed E-state index contributed by atoms with van der Waals surface area (Å²) in [6.45, 7) is 3.37. The predicted molar refractivity (Wildman–Crippen MR) is 94.0 cm³/mol. The summed E-state index contributed by atoms with van der Waals surface area (Å²) in [6, 6.07) is 7.62. The summed E-state index contributed by atoms with van der Waals surface area (Å²) >= 11 is 0. The van der Waals surface area contributed by atoms with Crippen LogP contribution in [0.4, 0.5) is 0 Å². The van der Waals surface area contributed by atoms with E-state index in [1.165, 1.54) is 0 Å². The number of sulfone groups is 1. The molecule has 1 aromatic rings. The SMILES string of the molecule is Cc1ccccc1OCCN(C)CC(=O)N(C)C1CCS(=O)(=O)C1. The fourth-order valence-electron chi connectivity index (χ4n) is 2.74. The molecule has 0 bridgehead atoms. The van der Waals surface area contributed by atoms with Crippen LogP contribution in [-0.2, 0) is 14.6 Å². The second-order valence-corrected chi connectivity index (χ2v) is 8.64. The molecule has 1 atom stereocenters. The van der Waals surface area contributed by atoms with Crippen molar-refractivity contribution in [2.24, 2.45) is 0 Å². The summed E-state index contributed by atoms with van der Waals surface area (Å²) in [6.07, 6.45) is 0.532. The lowest BCUT2D eigenvalue weighted by Crippen LogP contribution is -2.43. The van der Waals surface area contributed by atoms with Crippen LogP contribution in [0.25, 0.3) is 0 Å². The van der Waals surface area contributed by atoms with E-state index >= 15 is 0 Å². The molecule has 1 aromatic carbocycles. The minimum Gasteiger partial charge on any atom is -0.492 e. The molecule has 1 unspecified atom stereocenters. The van der Waals surface area contributed by atoms with Gasteiger partial charge >= 0.3 is 0 Å². The minimum absolute atomic E-state index is 0.0597. The van der Waals surface area contributed by atoms with Crippen molar-refractivity contribution in [3.05, 3.63) is 29.8 Å². The largest absolute Gasteiger partial charge is 0.492 e. The van der Waals surface area contributed by atoms with Crippen LogP contribution in [0.5, 0.6) is 5.75 Å². The minimum atomic E-state index is -2.98. The van der Waals surface area contributed by atoms with E-state index in [1.807, 2.05) is 43.1 Å². The summed E-state index contributed by atoms with van der Waals surface area (Å²) in [7, 11) is 0.567. The topological polar surface area (TPSA) is 66.9 Å². The number of likely N-dealkylation sites (N-methyl/N-ethyl adjacent to an activating group) is 2. The zero-order valence-electron chi connectivity index (χ0n) is 14.6. The van der Waals surface area contributed by atoms with Gasteiger partial charge < -0.3 is 9.64 Å². The summed E-state index contributed by atoms with van der Waals surface area (Å²) in [5, 5.41) is 0. The highest BCUT2D eigenvalue weighted by atomic mass is 32.2. The first-order chi connectivity index (χ1) is 11.3. The standard InChI is InChI=1S/C17H26N2O4S/c1-14-6-4-5-7-16(14)23-10-9-18(2)12-17(20)19(3)15-8-11-24(21,22)13-15/h4-7,15H,8-13H2,1-3H3. The molecule has 1 aliphatic heterocycles. The van der Waals surface area contributed by atoms with E-state index in [4.69, 9.17) is 4.74 Å². The Morgan fingerprint density at radius 1 is 1.29 bits per heavy atom. The number of rotatable bonds is 7. The Labute approximate surface area is 144 Å². The van der Waals surface area contributed by atoms with Crippen molar-refractivity contribution in [1.29, 1.82) is 0 Å². The maximum atomic E-state index is 12.3. The summed E-state index contributed by atoms with van der Waals surface area (Å²) in [5.74, 6) is 1.05. The van der Waals surface area contributed by atoms with E-state index in [1.54, 1.807) is 11.9 Å². The highest BCUT2D eigenvalue weighted by molar-refractivity contribution is 7.91. The molecule has 0 spiro atoms. The Kier molecular flexibility index (Phi) is 6.23. The van der Waals surface area contributed by atoms with Crippen molar-refractivity contribution < 1.29 is 17.9 Å². The molecule has 24 heavy (non-hydrogen) atoms. The number of benzene rings is 1. The molecule has 1 heterocycles. The number of amides is 1. The first kappa shape index (κ1) is 18.7. The van der Waals surface area contributed by atoms with Gasteiger partial charge in [0.05, 0.1) is 18.1 Å². The van der Waals surface area contributed by atoms with E-state index in [9.17, 15) is 13.2 Å². The average Bonchev–Trinajstić information content (AvgIpc) is 2.88. The Hall–Kier alpha value is -1.60. The first-order valence-electron chi connectivity index (χ1n) is 8.11. The summed E-state index contributed by atoms with van der Waals surface area (Å²) in [5.41, 5.74) is 1.08. The molecule has 6 nitrogen and oxygen atoms in total. The predicted octanol–water partition coefficient (Wildman–Crippen LogP) is 0.951. The number of carbonyl (C=O) groups excluding carboxylic acids is 1. The van der Waals surface area contributed by atoms with Gasteiger partial charge in [-0.25, -0.2) is 8.42 Å². The third kappa shape index (κ3) is 5.21. The molecule has 1 saturated heterocycles. The Bertz CT molecular complexity index is 675. The van der Waals surface area contributed by atoms with Gasteiger partial charge in [-0.2, -0.15) is 0 Å². The molecule has 1 amide bonds. The smallest absolute Gasteiger partial charge is 0.236 e. The zero-order chi connectivity index (χ0) is 17.7. The first-order valence-corrected chi connectivity index (χ1v) is 9.94. The molecular weight excluding hydrogens is 328 g/mol. The van der Waals surface area contributed by atoms with Gasteiger partial charge in [-0.1, -0.05) is 18.2 Å². The average molecular weight is 354 g/mol. The van der Waals surface area contributed by atoms with E-state index < -0.39 is 9.84 Å². The van der Waals surface area contributed by atoms with Crippen molar-refractivity contribution >= 4 is 15.7 Å². The van der Waals surface area contributed by atoms with Gasteiger partial charge in [0.2, 0.25) is 5.91 Å². The number of carbonyl (C=O) groups is 1. The van der Waals surface area contributed by atoms with Crippen LogP contribution in [0.3, 0.4) is 0 Å². The van der Waals surface area contributed by atoms with Gasteiger partial charge in [-0.3, -0.25) is 9.69 Å². The molecular formula is C17H26N2O4S. The third-order valence-electron chi connectivity index (χ3n) is 4.38. The van der Waals surface area contributed by atoms with Crippen LogP contribution in [-0.4, -0.2) is 75.5 Å². The van der Waals surface area contributed by atoms with Gasteiger partial charge in [0.25, 0.3) is 0 Å². The zero-order valence-corrected chi connectivity index (χ0v) is 15.4. The molecule has 1 aliphatic rings. The summed E-state index contributed by atoms with van der Waals surface area (Å²) in [4.78, 5) is 15.7. The number of hydrogen-bond donors (Lipinski definition) is 0. The number of ether oxygens (including phenoxy) is 1. The van der Waals surface area contributed by atoms with Crippen LogP contribution in [0, 0.1) is 6.92 Å². The molecule has 0 aromatic heterocycles. The lowest BCUT2D eigenvalue weighted by atomic mass is 10.2. The van der Waals surface area contributed by atoms with Gasteiger partial charge in [0.15, 0.2) is 9.84 Å². The normalized spacial score (nSPS) is 19.4. The van der Waals surface area contributed by atoms with Crippen molar-refractivity contribution in [3.63, 3.8) is 0 Å². The Morgan fingerprint density at radius 2 is 2.00 bits per heavy atom. The van der Waals surface area contributed by atoms with Gasteiger partial charge in [0, 0.05) is 19.6 Å². The second-order valence-electron chi connectivity index (χ2n) is 6.41. The van der Waals surface area contributed by atoms with Gasteiger partial charge in [-0.05, 0) is 32.0 Å². The monoisotopic (exact) mass is 354 g/mol. The molecule has 0 saturated carbocycles. The maximum Gasteiger partial charge on any atom is 0.236 e. The molecule has 134 valence electrons. The fourth-order valence-corrected chi connectivity index (χ4v) is 4.51. The quantitative estimate of drug-likeness (QED) is 0.729. The van der Waals surface area contributed by atoms with Crippen molar-refractivity contribution in [2.75, 3.05) is 45.3 Å². The van der Waals surface area contributed by atoms with Gasteiger partial charge in [0.1, 0.15) is 12.4 Å². The van der Waals surface area contributed by atoms with Crippen molar-refractivity contribution in [1.82, 2.24) is 9.80 Å². The molecule has 7 heteroatoms. The Morgan fingerprint density at radius 3 is 2.62 bits per heavy atom. The number of hydrogen-bond acceptors (Lipinski definition) is 5. The molecule has 2 rings (SSSR count). The van der Waals surface area contributed by atoms with Crippen LogP contribution in [0.1, 0.15) is 12.0 Å². The van der Waals surface area contributed by atoms with E-state index in [0.717, 1.165) is 11.3 Å². The maximum absolute atomic E-state index is 12.3. The van der Waals surface area contributed by atoms with E-state index in [-0.39, 0.29) is 30.0 Å². The van der Waals surface area contributed by atoms with Crippen LogP contribution < -0.4 is 4.74 Å². The highest BCUT2D eigenvalue weighted by Gasteiger charge is 2.32. The lowest BCUT2D eigenvalue weighted by molar-refractivity contribution is -0.132. The van der Waals surface area contributed by atoms with Crippen LogP contribution in [0.15, 0.2) is 24.3 Å². The number of aryl methyl sites for hydroxylation is 1. The molecule has 0 aliphatic carbocycles. The third-order valence-corrected chi connectivity index (χ3v) is 6.13. The lowest BCUT2D eigenvalue weighted by Gasteiger charge is -2.26. The second kappa shape index (κ2) is 7.98. The Balaban J connectivity index is 1.74. The van der Waals surface area contributed by atoms with Crippen molar-refractivity contribution in [3.8, 4) is 5.75 Å². The van der Waals surface area contributed by atoms with Crippen molar-refractivity contribution in [2.45, 2.75) is 19.4 Å². The van der Waals surface area contributed by atoms with E-state index in [2.05, 4.69) is 0 Å². The molecule has 0 radical (unpaired) electrons. The highest BCUT2D eigenvalue weighted by Crippen LogP contribution is 2.17. The van der Waals surface area contributed by atoms with Crippen LogP contribution in [0.2, 0.25) is 0 Å². The number of nitrogens with zero attached hydrogens (tertiary/aromatic N) is 2. The van der Waals surface area contributed by atoms with E-state index in [0.29, 0.717) is 19.6 Å². The molecule has 1 fully saturated rings. The summed E-state index contributed by atoms with van der Waals surface area (Å²) < 4.78 is 28.8. The van der Waals surface area contributed by atoms with Crippen LogP contribution >= 0.6 is 0 Å². The van der Waals surface area contributed by atoms with Gasteiger partial charge in [-0.15, -0.1) is 0 Å². The fraction of sp³-hybridized carbons (Fsp3) is 0.588. The molecule has 0 N–H and O–H groups in total. The number of para-hydroxylation sites is 1.